The Morgan fingerprint density at radius 2 is 2.58 bits per heavy atom. The van der Waals surface area contributed by atoms with Crippen LogP contribution in [0.3, 0.4) is 0 Å². The molecule has 0 aliphatic rings. The molecule has 12 heavy (non-hydrogen) atoms. The molecule has 6 nitrogen and oxygen atoms in total. The third-order valence-corrected chi connectivity index (χ3v) is 1.58. The van der Waals surface area contributed by atoms with Crippen LogP contribution in [0, 0.1) is 0 Å². The maximum Gasteiger partial charge on any atom is 0.414 e. The van der Waals surface area contributed by atoms with Gasteiger partial charge in [0.15, 0.2) is 0 Å². The predicted octanol–water partition coefficient (Wildman–Crippen LogP) is 0.187. The van der Waals surface area contributed by atoms with E-state index in [1.165, 1.54) is 11.0 Å². The van der Waals surface area contributed by atoms with Crippen molar-refractivity contribution >= 4 is 24.7 Å². The highest BCUT2D eigenvalue weighted by Gasteiger charge is 2.16. The summed E-state index contributed by atoms with van der Waals surface area (Å²) < 4.78 is 1.37. The van der Waals surface area contributed by atoms with Crippen molar-refractivity contribution in [3.8, 4) is 0 Å². The van der Waals surface area contributed by atoms with E-state index in [1.54, 1.807) is 7.05 Å². The zero-order valence-electron chi connectivity index (χ0n) is 6.38. The summed E-state index contributed by atoms with van der Waals surface area (Å²) in [4.78, 5) is 15.3. The van der Waals surface area contributed by atoms with Crippen molar-refractivity contribution in [1.29, 1.82) is 0 Å². The van der Waals surface area contributed by atoms with Crippen LogP contribution in [-0.2, 0) is 7.05 Å². The van der Waals surface area contributed by atoms with Crippen LogP contribution in [-0.4, -0.2) is 31.8 Å². The number of aryl methyl sites for hydroxylation is 1. The Bertz CT molecular complexity index is 287. The van der Waals surface area contributed by atoms with Gasteiger partial charge in [0, 0.05) is 7.05 Å². The second-order valence-corrected chi connectivity index (χ2v) is 2.32. The van der Waals surface area contributed by atoms with Crippen LogP contribution in [0.15, 0.2) is 6.33 Å². The second-order valence-electron chi connectivity index (χ2n) is 2.04. The molecule has 1 rings (SSSR count). The number of anilines is 1. The van der Waals surface area contributed by atoms with Crippen molar-refractivity contribution in [2.45, 2.75) is 0 Å². The van der Waals surface area contributed by atoms with Gasteiger partial charge in [0.2, 0.25) is 5.95 Å². The van der Waals surface area contributed by atoms with Crippen molar-refractivity contribution in [2.24, 2.45) is 7.05 Å². The summed E-state index contributed by atoms with van der Waals surface area (Å²) in [5, 5.41) is 12.4. The van der Waals surface area contributed by atoms with Crippen molar-refractivity contribution < 1.29 is 9.90 Å². The Hall–Kier alpha value is -1.24. The molecule has 0 aliphatic heterocycles. The molecule has 0 aromatic carbocycles. The summed E-state index contributed by atoms with van der Waals surface area (Å²) >= 11 is 3.85. The summed E-state index contributed by atoms with van der Waals surface area (Å²) in [5.74, 6) is 0.319. The molecule has 1 aromatic rings. The molecule has 66 valence electrons. The minimum atomic E-state index is -1.10. The first-order chi connectivity index (χ1) is 5.66. The van der Waals surface area contributed by atoms with Gasteiger partial charge in [0.05, 0.1) is 5.88 Å². The highest BCUT2D eigenvalue weighted by molar-refractivity contribution is 7.80. The number of amides is 1. The molecule has 0 aliphatic carbocycles. The Labute approximate surface area is 74.2 Å². The second kappa shape index (κ2) is 3.44. The third-order valence-electron chi connectivity index (χ3n) is 1.30. The highest BCUT2D eigenvalue weighted by Crippen LogP contribution is 2.08. The lowest BCUT2D eigenvalue weighted by Gasteiger charge is -2.13. The Balaban J connectivity index is 2.94. The van der Waals surface area contributed by atoms with E-state index in [9.17, 15) is 4.79 Å². The van der Waals surface area contributed by atoms with Gasteiger partial charge < -0.3 is 5.11 Å². The molecule has 0 spiro atoms. The molecule has 7 heteroatoms. The Morgan fingerprint density at radius 3 is 2.92 bits per heavy atom. The van der Waals surface area contributed by atoms with Crippen LogP contribution >= 0.6 is 12.6 Å². The number of hydrogen-bond acceptors (Lipinski definition) is 4. The first-order valence-electron chi connectivity index (χ1n) is 3.12. The zero-order chi connectivity index (χ0) is 9.14. The van der Waals surface area contributed by atoms with E-state index >= 15 is 0 Å². The molecule has 1 N–H and O–H groups in total. The lowest BCUT2D eigenvalue weighted by atomic mass is 10.8. The first-order valence-corrected chi connectivity index (χ1v) is 3.75. The van der Waals surface area contributed by atoms with Crippen molar-refractivity contribution in [2.75, 3.05) is 10.8 Å². The van der Waals surface area contributed by atoms with Crippen molar-refractivity contribution in [3.63, 3.8) is 0 Å². The fraction of sp³-hybridized carbons (Fsp3) is 0.400. The topological polar surface area (TPSA) is 71.2 Å². The van der Waals surface area contributed by atoms with Crippen LogP contribution in [0.25, 0.3) is 0 Å². The summed E-state index contributed by atoms with van der Waals surface area (Å²) in [5.41, 5.74) is 0. The summed E-state index contributed by atoms with van der Waals surface area (Å²) in [6.07, 6.45) is 0.190. The molecular weight excluding hydrogens is 180 g/mol. The highest BCUT2D eigenvalue weighted by atomic mass is 32.1. The summed E-state index contributed by atoms with van der Waals surface area (Å²) in [6.45, 7) is 0. The number of carbonyl (C=O) groups is 1. The van der Waals surface area contributed by atoms with Crippen LogP contribution in [0.4, 0.5) is 10.7 Å². The predicted molar refractivity (Wildman–Crippen MR) is 45.4 cm³/mol. The van der Waals surface area contributed by atoms with E-state index in [-0.39, 0.29) is 11.8 Å². The fourth-order valence-corrected chi connectivity index (χ4v) is 0.991. The van der Waals surface area contributed by atoms with Gasteiger partial charge in [0.1, 0.15) is 6.33 Å². The van der Waals surface area contributed by atoms with Crippen LogP contribution in [0.2, 0.25) is 0 Å². The lowest BCUT2D eigenvalue weighted by molar-refractivity contribution is 0.202. The first kappa shape index (κ1) is 8.85. The summed E-state index contributed by atoms with van der Waals surface area (Å²) in [7, 11) is 1.61. The molecule has 0 radical (unpaired) electrons. The number of hydrogen-bond donors (Lipinski definition) is 2. The maximum absolute atomic E-state index is 10.6. The number of rotatable bonds is 2. The molecular formula is C5H8N4O2S. The molecule has 0 bridgehead atoms. The van der Waals surface area contributed by atoms with Gasteiger partial charge in [-0.25, -0.2) is 14.4 Å². The van der Waals surface area contributed by atoms with Gasteiger partial charge in [-0.2, -0.15) is 22.7 Å². The summed E-state index contributed by atoms with van der Waals surface area (Å²) in [6, 6.07) is 0. The minimum absolute atomic E-state index is 0.0574. The number of nitrogens with zero attached hydrogens (tertiary/aromatic N) is 4. The molecule has 0 saturated heterocycles. The monoisotopic (exact) mass is 188 g/mol. The quantitative estimate of drug-likeness (QED) is 0.513. The average molecular weight is 188 g/mol. The average Bonchev–Trinajstić information content (AvgIpc) is 2.38. The number of aromatic nitrogens is 3. The van der Waals surface area contributed by atoms with Crippen molar-refractivity contribution in [3.05, 3.63) is 6.33 Å². The van der Waals surface area contributed by atoms with E-state index in [0.29, 0.717) is 0 Å². The van der Waals surface area contributed by atoms with E-state index in [4.69, 9.17) is 5.11 Å². The van der Waals surface area contributed by atoms with E-state index in [2.05, 4.69) is 22.7 Å². The zero-order valence-corrected chi connectivity index (χ0v) is 7.27. The molecule has 0 saturated carbocycles. The number of thiol groups is 1. The lowest BCUT2D eigenvalue weighted by Crippen LogP contribution is -2.30. The molecule has 0 fully saturated rings. The van der Waals surface area contributed by atoms with Crippen LogP contribution in [0.5, 0.6) is 0 Å². The van der Waals surface area contributed by atoms with Gasteiger partial charge in [-0.3, -0.25) is 0 Å². The minimum Gasteiger partial charge on any atom is -0.465 e. The third kappa shape index (κ3) is 1.50. The normalized spacial score (nSPS) is 9.83. The molecule has 1 aromatic heterocycles. The fourth-order valence-electron chi connectivity index (χ4n) is 0.744. The van der Waals surface area contributed by atoms with E-state index < -0.39 is 6.09 Å². The standard InChI is InChI=1S/C5H8N4O2S/c1-8-4(6-2-7-8)9(3-12)5(10)11/h2,12H,3H2,1H3,(H,10,11). The van der Waals surface area contributed by atoms with Gasteiger partial charge in [-0.05, 0) is 0 Å². The van der Waals surface area contributed by atoms with Crippen molar-refractivity contribution in [1.82, 2.24) is 14.8 Å². The van der Waals surface area contributed by atoms with Gasteiger partial charge >= 0.3 is 6.09 Å². The maximum atomic E-state index is 10.6. The molecule has 0 unspecified atom stereocenters. The largest absolute Gasteiger partial charge is 0.465 e. The van der Waals surface area contributed by atoms with E-state index in [1.807, 2.05) is 0 Å². The van der Waals surface area contributed by atoms with Gasteiger partial charge in [-0.15, -0.1) is 0 Å². The van der Waals surface area contributed by atoms with Crippen LogP contribution < -0.4 is 4.90 Å². The SMILES string of the molecule is Cn1ncnc1N(CS)C(=O)O. The Kier molecular flexibility index (Phi) is 2.54. The van der Waals surface area contributed by atoms with Gasteiger partial charge in [0.25, 0.3) is 0 Å². The molecule has 1 amide bonds. The molecule has 0 atom stereocenters. The smallest absolute Gasteiger partial charge is 0.414 e. The van der Waals surface area contributed by atoms with Crippen LogP contribution in [0.1, 0.15) is 0 Å². The number of carboxylic acid groups (broad SMARTS) is 1. The molecule has 1 heterocycles. The Morgan fingerprint density at radius 1 is 1.92 bits per heavy atom. The van der Waals surface area contributed by atoms with Gasteiger partial charge in [-0.1, -0.05) is 0 Å². The van der Waals surface area contributed by atoms with E-state index in [0.717, 1.165) is 4.90 Å².